The summed E-state index contributed by atoms with van der Waals surface area (Å²) >= 11 is 0. The highest BCUT2D eigenvalue weighted by Crippen LogP contribution is 2.33. The molecule has 1 aliphatic heterocycles. The lowest BCUT2D eigenvalue weighted by Crippen LogP contribution is -2.45. The fourth-order valence-corrected chi connectivity index (χ4v) is 2.75. The maximum atomic E-state index is 12.5. The summed E-state index contributed by atoms with van der Waals surface area (Å²) < 4.78 is 10.9. The number of benzene rings is 1. The van der Waals surface area contributed by atoms with Crippen LogP contribution in [0.3, 0.4) is 0 Å². The van der Waals surface area contributed by atoms with Crippen molar-refractivity contribution in [2.24, 2.45) is 0 Å². The maximum absolute atomic E-state index is 12.5. The van der Waals surface area contributed by atoms with Crippen molar-refractivity contribution in [3.8, 4) is 17.3 Å². The number of para-hydroxylation sites is 2. The number of amides is 1. The third-order valence-corrected chi connectivity index (χ3v) is 3.98. The molecule has 3 aromatic rings. The number of pyridine rings is 1. The zero-order chi connectivity index (χ0) is 17.2. The van der Waals surface area contributed by atoms with Crippen LogP contribution in [0, 0.1) is 0 Å². The molecule has 126 valence electrons. The van der Waals surface area contributed by atoms with Crippen LogP contribution in [0.1, 0.15) is 12.8 Å². The molecule has 0 bridgehead atoms. The van der Waals surface area contributed by atoms with E-state index in [-0.39, 0.29) is 5.91 Å². The van der Waals surface area contributed by atoms with E-state index >= 15 is 0 Å². The molecule has 25 heavy (non-hydrogen) atoms. The Morgan fingerprint density at radius 2 is 2.00 bits per heavy atom. The molecule has 0 spiro atoms. The van der Waals surface area contributed by atoms with Gasteiger partial charge in [0.25, 0.3) is 5.91 Å². The van der Waals surface area contributed by atoms with E-state index in [1.165, 1.54) is 0 Å². The van der Waals surface area contributed by atoms with Crippen molar-refractivity contribution in [2.75, 3.05) is 11.4 Å². The van der Waals surface area contributed by atoms with Gasteiger partial charge >= 0.3 is 0 Å². The summed E-state index contributed by atoms with van der Waals surface area (Å²) in [6.45, 7) is 2.19. The molecule has 1 unspecified atom stereocenters. The van der Waals surface area contributed by atoms with Gasteiger partial charge in [-0.2, -0.15) is 4.98 Å². The molecule has 4 rings (SSSR count). The first-order chi connectivity index (χ1) is 12.2. The lowest BCUT2D eigenvalue weighted by Gasteiger charge is -2.32. The van der Waals surface area contributed by atoms with Crippen molar-refractivity contribution in [1.82, 2.24) is 15.1 Å². The number of rotatable bonds is 4. The molecule has 1 amide bonds. The van der Waals surface area contributed by atoms with Crippen LogP contribution >= 0.6 is 0 Å². The van der Waals surface area contributed by atoms with Crippen LogP contribution in [0.15, 0.2) is 53.2 Å². The molecule has 7 nitrogen and oxygen atoms in total. The molecule has 0 fully saturated rings. The Bertz CT molecular complexity index is 894. The van der Waals surface area contributed by atoms with Crippen LogP contribution in [0.4, 0.5) is 5.69 Å². The second-order valence-electron chi connectivity index (χ2n) is 5.69. The van der Waals surface area contributed by atoms with E-state index < -0.39 is 6.10 Å². The molecule has 7 heteroatoms. The minimum absolute atomic E-state index is 0.0804. The summed E-state index contributed by atoms with van der Waals surface area (Å²) in [5.41, 5.74) is 1.41. The van der Waals surface area contributed by atoms with Gasteiger partial charge in [0.2, 0.25) is 11.7 Å². The number of nitrogens with zero attached hydrogens (tertiary/aromatic N) is 4. The maximum Gasteiger partial charge on any atom is 0.267 e. The highest BCUT2D eigenvalue weighted by atomic mass is 16.5. The molecule has 3 heterocycles. The van der Waals surface area contributed by atoms with Crippen LogP contribution in [0.5, 0.6) is 5.75 Å². The topological polar surface area (TPSA) is 81.3 Å². The van der Waals surface area contributed by atoms with Gasteiger partial charge in [-0.05, 0) is 31.2 Å². The van der Waals surface area contributed by atoms with Crippen molar-refractivity contribution >= 4 is 11.6 Å². The third-order valence-electron chi connectivity index (χ3n) is 3.98. The van der Waals surface area contributed by atoms with Crippen LogP contribution in [0.2, 0.25) is 0 Å². The standard InChI is InChI=1S/C18H16N4O3/c1-12-18(23)22(14-7-2-3-8-15(14)24-12)11-9-16-20-17(21-25-16)13-6-4-5-10-19-13/h2-8,10,12H,9,11H2,1H3. The molecule has 0 N–H and O–H groups in total. The number of aromatic nitrogens is 3. The van der Waals surface area contributed by atoms with Crippen LogP contribution in [0.25, 0.3) is 11.5 Å². The summed E-state index contributed by atoms with van der Waals surface area (Å²) in [4.78, 5) is 22.7. The molecule has 1 atom stereocenters. The Labute approximate surface area is 144 Å². The van der Waals surface area contributed by atoms with E-state index in [0.29, 0.717) is 36.1 Å². The third kappa shape index (κ3) is 2.96. The summed E-state index contributed by atoms with van der Waals surface area (Å²) in [7, 11) is 0. The number of ether oxygens (including phenoxy) is 1. The van der Waals surface area contributed by atoms with Crippen LogP contribution in [-0.2, 0) is 11.2 Å². The Morgan fingerprint density at radius 1 is 1.16 bits per heavy atom. The van der Waals surface area contributed by atoms with E-state index in [1.807, 2.05) is 42.5 Å². The Morgan fingerprint density at radius 3 is 2.84 bits per heavy atom. The predicted octanol–water partition coefficient (Wildman–Crippen LogP) is 2.49. The predicted molar refractivity (Wildman–Crippen MR) is 90.1 cm³/mol. The van der Waals surface area contributed by atoms with E-state index in [9.17, 15) is 4.79 Å². The summed E-state index contributed by atoms with van der Waals surface area (Å²) in [5.74, 6) is 1.53. The quantitative estimate of drug-likeness (QED) is 0.728. The average molecular weight is 336 g/mol. The lowest BCUT2D eigenvalue weighted by molar-refractivity contribution is -0.125. The van der Waals surface area contributed by atoms with Gasteiger partial charge in [0, 0.05) is 19.2 Å². The summed E-state index contributed by atoms with van der Waals surface area (Å²) in [6, 6.07) is 13.0. The van der Waals surface area contributed by atoms with E-state index in [1.54, 1.807) is 18.0 Å². The molecule has 0 saturated heterocycles. The van der Waals surface area contributed by atoms with Gasteiger partial charge in [-0.3, -0.25) is 9.78 Å². The SMILES string of the molecule is CC1Oc2ccccc2N(CCc2nc(-c3ccccn3)no2)C1=O. The van der Waals surface area contributed by atoms with E-state index in [4.69, 9.17) is 9.26 Å². The van der Waals surface area contributed by atoms with Gasteiger partial charge in [0.1, 0.15) is 11.4 Å². The van der Waals surface area contributed by atoms with Gasteiger partial charge in [0.05, 0.1) is 5.69 Å². The molecule has 1 aromatic carbocycles. The minimum atomic E-state index is -0.512. The van der Waals surface area contributed by atoms with Gasteiger partial charge in [-0.15, -0.1) is 0 Å². The van der Waals surface area contributed by atoms with Gasteiger partial charge in [-0.25, -0.2) is 0 Å². The van der Waals surface area contributed by atoms with Gasteiger partial charge in [0.15, 0.2) is 6.10 Å². The zero-order valence-electron chi connectivity index (χ0n) is 13.6. The summed E-state index contributed by atoms with van der Waals surface area (Å²) in [6.07, 6.45) is 1.62. The molecule has 1 aliphatic rings. The fourth-order valence-electron chi connectivity index (χ4n) is 2.75. The smallest absolute Gasteiger partial charge is 0.267 e. The monoisotopic (exact) mass is 336 g/mol. The van der Waals surface area contributed by atoms with Crippen molar-refractivity contribution in [3.63, 3.8) is 0 Å². The number of hydrogen-bond donors (Lipinski definition) is 0. The van der Waals surface area contributed by atoms with Crippen LogP contribution in [-0.4, -0.2) is 33.7 Å². The van der Waals surface area contributed by atoms with Crippen molar-refractivity contribution < 1.29 is 14.1 Å². The van der Waals surface area contributed by atoms with E-state index in [0.717, 1.165) is 5.69 Å². The molecular weight excluding hydrogens is 320 g/mol. The minimum Gasteiger partial charge on any atom is -0.479 e. The van der Waals surface area contributed by atoms with Crippen LogP contribution < -0.4 is 9.64 Å². The second kappa shape index (κ2) is 6.35. The fraction of sp³-hybridized carbons (Fsp3) is 0.222. The first kappa shape index (κ1) is 15.3. The molecule has 0 radical (unpaired) electrons. The number of anilines is 1. The largest absolute Gasteiger partial charge is 0.479 e. The second-order valence-corrected chi connectivity index (χ2v) is 5.69. The zero-order valence-corrected chi connectivity index (χ0v) is 13.6. The highest BCUT2D eigenvalue weighted by molar-refractivity contribution is 5.99. The van der Waals surface area contributed by atoms with Gasteiger partial charge in [-0.1, -0.05) is 23.4 Å². The first-order valence-corrected chi connectivity index (χ1v) is 8.03. The normalized spacial score (nSPS) is 16.4. The number of carbonyl (C=O) groups is 1. The lowest BCUT2D eigenvalue weighted by atomic mass is 10.2. The highest BCUT2D eigenvalue weighted by Gasteiger charge is 2.31. The number of hydrogen-bond acceptors (Lipinski definition) is 6. The average Bonchev–Trinajstić information content (AvgIpc) is 3.12. The summed E-state index contributed by atoms with van der Waals surface area (Å²) in [5, 5.41) is 3.95. The number of fused-ring (bicyclic) bond motifs is 1. The first-order valence-electron chi connectivity index (χ1n) is 8.03. The molecular formula is C18H16N4O3. The van der Waals surface area contributed by atoms with Crippen molar-refractivity contribution in [1.29, 1.82) is 0 Å². The Kier molecular flexibility index (Phi) is 3.89. The van der Waals surface area contributed by atoms with Crippen molar-refractivity contribution in [3.05, 3.63) is 54.6 Å². The Hall–Kier alpha value is -3.22. The molecule has 2 aromatic heterocycles. The number of carbonyl (C=O) groups excluding carboxylic acids is 1. The molecule has 0 aliphatic carbocycles. The molecule has 0 saturated carbocycles. The van der Waals surface area contributed by atoms with Gasteiger partial charge < -0.3 is 14.2 Å². The Balaban J connectivity index is 1.52. The van der Waals surface area contributed by atoms with Crippen molar-refractivity contribution in [2.45, 2.75) is 19.4 Å². The van der Waals surface area contributed by atoms with E-state index in [2.05, 4.69) is 15.1 Å².